The van der Waals surface area contributed by atoms with Crippen LogP contribution in [-0.2, 0) is 31.0 Å². The largest absolute Gasteiger partial charge is 0.450 e. The van der Waals surface area contributed by atoms with Crippen molar-refractivity contribution in [1.82, 2.24) is 19.7 Å². The van der Waals surface area contributed by atoms with E-state index in [4.69, 9.17) is 4.74 Å². The number of carbonyl (C=O) groups is 4. The van der Waals surface area contributed by atoms with Gasteiger partial charge >= 0.3 is 6.09 Å². The van der Waals surface area contributed by atoms with Gasteiger partial charge in [0.1, 0.15) is 0 Å². The Morgan fingerprint density at radius 1 is 0.971 bits per heavy atom. The van der Waals surface area contributed by atoms with Gasteiger partial charge in [-0.1, -0.05) is 36.4 Å². The highest BCUT2D eigenvalue weighted by Gasteiger charge is 2.54. The molecular weight excluding hydrogens is 448 g/mol. The van der Waals surface area contributed by atoms with Gasteiger partial charge in [-0.05, 0) is 24.6 Å². The van der Waals surface area contributed by atoms with Crippen molar-refractivity contribution < 1.29 is 23.9 Å². The van der Waals surface area contributed by atoms with Crippen LogP contribution in [0.15, 0.2) is 54.7 Å². The first-order chi connectivity index (χ1) is 16.9. The van der Waals surface area contributed by atoms with E-state index in [1.807, 2.05) is 36.4 Å². The quantitative estimate of drug-likeness (QED) is 0.565. The fourth-order valence-electron chi connectivity index (χ4n) is 4.75. The van der Waals surface area contributed by atoms with Crippen LogP contribution in [0.4, 0.5) is 4.79 Å². The zero-order valence-electron chi connectivity index (χ0n) is 19.9. The third-order valence-electron chi connectivity index (χ3n) is 6.66. The Morgan fingerprint density at radius 3 is 2.31 bits per heavy atom. The maximum Gasteiger partial charge on any atom is 0.409 e. The highest BCUT2D eigenvalue weighted by Crippen LogP contribution is 2.40. The molecule has 0 bridgehead atoms. The maximum absolute atomic E-state index is 13.7. The fourth-order valence-corrected chi connectivity index (χ4v) is 4.75. The molecule has 2 fully saturated rings. The summed E-state index contributed by atoms with van der Waals surface area (Å²) in [6, 6.07) is 14.6. The minimum absolute atomic E-state index is 0.0490. The van der Waals surface area contributed by atoms with Crippen LogP contribution in [0.3, 0.4) is 0 Å². The molecule has 4 amide bonds. The number of aromatic nitrogens is 1. The summed E-state index contributed by atoms with van der Waals surface area (Å²) >= 11 is 0. The summed E-state index contributed by atoms with van der Waals surface area (Å²) in [5.74, 6) is -0.831. The van der Waals surface area contributed by atoms with Gasteiger partial charge in [0.25, 0.3) is 0 Å². The molecule has 1 atom stereocenters. The number of likely N-dealkylation sites (tertiary alicyclic amines) is 1. The molecule has 9 heteroatoms. The van der Waals surface area contributed by atoms with Crippen LogP contribution in [0.25, 0.3) is 0 Å². The lowest BCUT2D eigenvalue weighted by molar-refractivity contribution is -0.143. The third kappa shape index (κ3) is 5.18. The number of ether oxygens (including phenoxy) is 1. The first kappa shape index (κ1) is 24.4. The second-order valence-corrected chi connectivity index (χ2v) is 8.79. The average Bonchev–Trinajstić information content (AvgIpc) is 3.13. The normalized spacial score (nSPS) is 20.3. The lowest BCUT2D eigenvalue weighted by atomic mass is 9.75. The molecule has 9 nitrogen and oxygen atoms in total. The van der Waals surface area contributed by atoms with Crippen molar-refractivity contribution >= 4 is 23.8 Å². The van der Waals surface area contributed by atoms with Gasteiger partial charge in [-0.3, -0.25) is 24.3 Å². The molecule has 1 unspecified atom stereocenters. The van der Waals surface area contributed by atoms with E-state index in [2.05, 4.69) is 4.98 Å². The second kappa shape index (κ2) is 10.7. The Morgan fingerprint density at radius 2 is 1.66 bits per heavy atom. The van der Waals surface area contributed by atoms with Crippen LogP contribution in [0.5, 0.6) is 0 Å². The fraction of sp³-hybridized carbons (Fsp3) is 0.423. The first-order valence-corrected chi connectivity index (χ1v) is 11.9. The Kier molecular flexibility index (Phi) is 7.43. The number of rotatable bonds is 7. The van der Waals surface area contributed by atoms with Crippen molar-refractivity contribution in [2.75, 3.05) is 39.3 Å². The Balaban J connectivity index is 1.50. The van der Waals surface area contributed by atoms with Gasteiger partial charge in [-0.2, -0.15) is 0 Å². The number of imide groups is 1. The summed E-state index contributed by atoms with van der Waals surface area (Å²) in [4.78, 5) is 60.9. The molecule has 2 aliphatic heterocycles. The van der Waals surface area contributed by atoms with Crippen LogP contribution in [0, 0.1) is 0 Å². The van der Waals surface area contributed by atoms with E-state index in [0.29, 0.717) is 44.8 Å². The molecule has 0 N–H and O–H groups in total. The predicted octanol–water partition coefficient (Wildman–Crippen LogP) is 2.01. The SMILES string of the molecule is CCOC(=O)N1CCN(C(=O)CC2(c3ccccc3)CC(=O)N(CCc3ccccn3)C2=O)CC1. The lowest BCUT2D eigenvalue weighted by Gasteiger charge is -2.36. The molecule has 35 heavy (non-hydrogen) atoms. The van der Waals surface area contributed by atoms with Gasteiger partial charge in [0.05, 0.1) is 12.0 Å². The van der Waals surface area contributed by atoms with Crippen molar-refractivity contribution in [1.29, 1.82) is 0 Å². The minimum Gasteiger partial charge on any atom is -0.450 e. The highest BCUT2D eigenvalue weighted by atomic mass is 16.6. The van der Waals surface area contributed by atoms with Crippen LogP contribution in [-0.4, -0.2) is 82.8 Å². The van der Waals surface area contributed by atoms with E-state index in [0.717, 1.165) is 5.69 Å². The molecule has 4 rings (SSSR count). The second-order valence-electron chi connectivity index (χ2n) is 8.79. The molecule has 184 valence electrons. The molecular formula is C26H30N4O5. The topological polar surface area (TPSA) is 100 Å². The molecule has 0 aliphatic carbocycles. The molecule has 0 radical (unpaired) electrons. The van der Waals surface area contributed by atoms with Crippen molar-refractivity contribution in [3.8, 4) is 0 Å². The van der Waals surface area contributed by atoms with Crippen molar-refractivity contribution in [3.63, 3.8) is 0 Å². The van der Waals surface area contributed by atoms with Gasteiger partial charge < -0.3 is 14.5 Å². The van der Waals surface area contributed by atoms with E-state index < -0.39 is 5.41 Å². The summed E-state index contributed by atoms with van der Waals surface area (Å²) in [6.45, 7) is 3.71. The summed E-state index contributed by atoms with van der Waals surface area (Å²) in [6.07, 6.45) is 1.60. The lowest BCUT2D eigenvalue weighted by Crippen LogP contribution is -2.52. The number of benzene rings is 1. The molecule has 1 aromatic carbocycles. The molecule has 2 aliphatic rings. The Hall–Kier alpha value is -3.75. The van der Waals surface area contributed by atoms with E-state index in [-0.39, 0.29) is 43.2 Å². The van der Waals surface area contributed by atoms with Gasteiger partial charge in [0.2, 0.25) is 17.7 Å². The van der Waals surface area contributed by atoms with E-state index in [9.17, 15) is 19.2 Å². The monoisotopic (exact) mass is 478 g/mol. The predicted molar refractivity (Wildman–Crippen MR) is 127 cm³/mol. The van der Waals surface area contributed by atoms with Gasteiger partial charge in [0, 0.05) is 63.9 Å². The molecule has 2 saturated heterocycles. The van der Waals surface area contributed by atoms with Crippen LogP contribution in [0.2, 0.25) is 0 Å². The van der Waals surface area contributed by atoms with Crippen molar-refractivity contribution in [3.05, 3.63) is 66.0 Å². The van der Waals surface area contributed by atoms with Crippen LogP contribution >= 0.6 is 0 Å². The zero-order chi connectivity index (χ0) is 24.8. The first-order valence-electron chi connectivity index (χ1n) is 11.9. The van der Waals surface area contributed by atoms with Gasteiger partial charge in [0.15, 0.2) is 0 Å². The Labute approximate surface area is 204 Å². The Bertz CT molecular complexity index is 1070. The van der Waals surface area contributed by atoms with Crippen LogP contribution in [0.1, 0.15) is 31.0 Å². The maximum atomic E-state index is 13.7. The minimum atomic E-state index is -1.24. The number of nitrogens with zero attached hydrogens (tertiary/aromatic N) is 4. The standard InChI is InChI=1S/C26H30N4O5/c1-2-35-25(34)29-16-14-28(15-17-29)22(31)18-26(20-8-4-3-5-9-20)19-23(32)30(24(26)33)13-11-21-10-6-7-12-27-21/h3-10,12H,2,11,13-19H2,1H3. The molecule has 1 aromatic heterocycles. The third-order valence-corrected chi connectivity index (χ3v) is 6.66. The number of carbonyl (C=O) groups excluding carboxylic acids is 4. The number of pyridine rings is 1. The summed E-state index contributed by atoms with van der Waals surface area (Å²) in [5.41, 5.74) is 0.218. The van der Waals surface area contributed by atoms with E-state index >= 15 is 0 Å². The summed E-state index contributed by atoms with van der Waals surface area (Å²) in [5, 5.41) is 0. The zero-order valence-corrected chi connectivity index (χ0v) is 19.9. The van der Waals surface area contributed by atoms with Gasteiger partial charge in [-0.15, -0.1) is 0 Å². The van der Waals surface area contributed by atoms with Gasteiger partial charge in [-0.25, -0.2) is 4.79 Å². The number of hydrogen-bond donors (Lipinski definition) is 0. The smallest absolute Gasteiger partial charge is 0.409 e. The van der Waals surface area contributed by atoms with E-state index in [1.54, 1.807) is 35.1 Å². The van der Waals surface area contributed by atoms with E-state index in [1.165, 1.54) is 4.90 Å². The molecule has 2 aromatic rings. The van der Waals surface area contributed by atoms with Crippen molar-refractivity contribution in [2.24, 2.45) is 0 Å². The number of piperazine rings is 1. The highest BCUT2D eigenvalue weighted by molar-refractivity contribution is 6.10. The van der Waals surface area contributed by atoms with Crippen LogP contribution < -0.4 is 0 Å². The molecule has 0 spiro atoms. The number of amides is 4. The average molecular weight is 479 g/mol. The van der Waals surface area contributed by atoms with Crippen molar-refractivity contribution in [2.45, 2.75) is 31.6 Å². The molecule has 3 heterocycles. The molecule has 0 saturated carbocycles. The summed E-state index contributed by atoms with van der Waals surface area (Å²) in [7, 11) is 0. The number of hydrogen-bond acceptors (Lipinski definition) is 6. The summed E-state index contributed by atoms with van der Waals surface area (Å²) < 4.78 is 5.04.